The van der Waals surface area contributed by atoms with Gasteiger partial charge in [0.15, 0.2) is 11.5 Å². The van der Waals surface area contributed by atoms with Crippen LogP contribution >= 0.6 is 15.9 Å². The van der Waals surface area contributed by atoms with Crippen LogP contribution in [0.1, 0.15) is 32.3 Å². The number of aliphatic hydroxyl groups is 1. The van der Waals surface area contributed by atoms with Gasteiger partial charge in [0.25, 0.3) is 0 Å². The van der Waals surface area contributed by atoms with Crippen molar-refractivity contribution < 1.29 is 14.6 Å². The lowest BCUT2D eigenvalue weighted by atomic mass is 10.2. The highest BCUT2D eigenvalue weighted by Crippen LogP contribution is 2.37. The molecule has 1 aromatic carbocycles. The molecule has 112 valence electrons. The molecule has 0 aliphatic heterocycles. The Morgan fingerprint density at radius 1 is 1.40 bits per heavy atom. The molecule has 2 N–H and O–H groups in total. The van der Waals surface area contributed by atoms with Gasteiger partial charge in [0.05, 0.1) is 17.2 Å². The van der Waals surface area contributed by atoms with E-state index in [1.807, 2.05) is 19.1 Å². The molecular weight excluding hydrogens is 322 g/mol. The van der Waals surface area contributed by atoms with Crippen molar-refractivity contribution in [3.63, 3.8) is 0 Å². The SMILES string of the molecule is CCOc1cc(CNC2CC2)cc(Br)c1OCC(C)O. The van der Waals surface area contributed by atoms with E-state index in [1.165, 1.54) is 12.8 Å². The van der Waals surface area contributed by atoms with Crippen molar-refractivity contribution >= 4 is 15.9 Å². The summed E-state index contributed by atoms with van der Waals surface area (Å²) in [6, 6.07) is 4.71. The van der Waals surface area contributed by atoms with Crippen molar-refractivity contribution in [3.05, 3.63) is 22.2 Å². The van der Waals surface area contributed by atoms with E-state index in [0.717, 1.165) is 22.3 Å². The number of rotatable bonds is 8. The van der Waals surface area contributed by atoms with Crippen LogP contribution in [0, 0.1) is 0 Å². The minimum absolute atomic E-state index is 0.248. The number of ether oxygens (including phenoxy) is 2. The summed E-state index contributed by atoms with van der Waals surface area (Å²) < 4.78 is 12.1. The zero-order valence-electron chi connectivity index (χ0n) is 12.0. The van der Waals surface area contributed by atoms with Gasteiger partial charge < -0.3 is 19.9 Å². The summed E-state index contributed by atoms with van der Waals surface area (Å²) in [5.41, 5.74) is 1.16. The first kappa shape index (κ1) is 15.6. The zero-order chi connectivity index (χ0) is 14.5. The Labute approximate surface area is 128 Å². The zero-order valence-corrected chi connectivity index (χ0v) is 13.6. The highest BCUT2D eigenvalue weighted by molar-refractivity contribution is 9.10. The van der Waals surface area contributed by atoms with Gasteiger partial charge in [0.1, 0.15) is 6.61 Å². The van der Waals surface area contributed by atoms with E-state index >= 15 is 0 Å². The predicted octanol–water partition coefficient (Wildman–Crippen LogP) is 2.86. The van der Waals surface area contributed by atoms with E-state index in [2.05, 4.69) is 21.2 Å². The highest BCUT2D eigenvalue weighted by Gasteiger charge is 2.20. The number of nitrogens with one attached hydrogen (secondary N) is 1. The van der Waals surface area contributed by atoms with Gasteiger partial charge in [-0.3, -0.25) is 0 Å². The first-order chi connectivity index (χ1) is 9.60. The highest BCUT2D eigenvalue weighted by atomic mass is 79.9. The molecule has 1 saturated carbocycles. The Balaban J connectivity index is 2.11. The lowest BCUT2D eigenvalue weighted by molar-refractivity contribution is 0.119. The van der Waals surface area contributed by atoms with E-state index in [-0.39, 0.29) is 6.61 Å². The van der Waals surface area contributed by atoms with Gasteiger partial charge in [0.2, 0.25) is 0 Å². The molecule has 0 saturated heterocycles. The van der Waals surface area contributed by atoms with E-state index in [9.17, 15) is 5.11 Å². The van der Waals surface area contributed by atoms with Crippen molar-refractivity contribution in [1.82, 2.24) is 5.32 Å². The fraction of sp³-hybridized carbons (Fsp3) is 0.600. The van der Waals surface area contributed by atoms with Crippen LogP contribution in [0.4, 0.5) is 0 Å². The van der Waals surface area contributed by atoms with Crippen LogP contribution in [0.15, 0.2) is 16.6 Å². The van der Waals surface area contributed by atoms with E-state index in [0.29, 0.717) is 18.4 Å². The average Bonchev–Trinajstić information content (AvgIpc) is 3.19. The molecule has 0 spiro atoms. The molecule has 0 aromatic heterocycles. The summed E-state index contributed by atoms with van der Waals surface area (Å²) in [7, 11) is 0. The molecule has 5 heteroatoms. The van der Waals surface area contributed by atoms with Gasteiger partial charge in [-0.1, -0.05) is 0 Å². The molecule has 1 unspecified atom stereocenters. The van der Waals surface area contributed by atoms with Crippen molar-refractivity contribution in [2.45, 2.75) is 45.4 Å². The van der Waals surface area contributed by atoms with Crippen molar-refractivity contribution in [1.29, 1.82) is 0 Å². The van der Waals surface area contributed by atoms with Crippen LogP contribution in [0.25, 0.3) is 0 Å². The Morgan fingerprint density at radius 3 is 2.75 bits per heavy atom. The summed E-state index contributed by atoms with van der Waals surface area (Å²) in [6.07, 6.45) is 2.04. The summed E-state index contributed by atoms with van der Waals surface area (Å²) in [5, 5.41) is 12.8. The topological polar surface area (TPSA) is 50.7 Å². The van der Waals surface area contributed by atoms with Gasteiger partial charge in [-0.2, -0.15) is 0 Å². The first-order valence-corrected chi connectivity index (χ1v) is 7.89. The Morgan fingerprint density at radius 2 is 2.15 bits per heavy atom. The molecule has 0 heterocycles. The normalized spacial score (nSPS) is 16.0. The van der Waals surface area contributed by atoms with Crippen LogP contribution in [0.3, 0.4) is 0 Å². The fourth-order valence-electron chi connectivity index (χ4n) is 1.88. The number of halogens is 1. The number of aliphatic hydroxyl groups excluding tert-OH is 1. The molecule has 1 aliphatic rings. The van der Waals surface area contributed by atoms with Crippen LogP contribution in [0.2, 0.25) is 0 Å². The third-order valence-electron chi connectivity index (χ3n) is 3.01. The molecule has 1 fully saturated rings. The summed E-state index contributed by atoms with van der Waals surface area (Å²) >= 11 is 3.53. The second-order valence-corrected chi connectivity index (χ2v) is 6.01. The maximum Gasteiger partial charge on any atom is 0.175 e. The molecule has 0 amide bonds. The van der Waals surface area contributed by atoms with E-state index in [1.54, 1.807) is 6.92 Å². The van der Waals surface area contributed by atoms with Crippen LogP contribution in [-0.4, -0.2) is 30.5 Å². The summed E-state index contributed by atoms with van der Waals surface area (Å²) in [5.74, 6) is 1.37. The second kappa shape index (κ2) is 7.29. The quantitative estimate of drug-likeness (QED) is 0.761. The maximum atomic E-state index is 9.34. The molecule has 1 atom stereocenters. The minimum atomic E-state index is -0.507. The largest absolute Gasteiger partial charge is 0.490 e. The molecule has 0 radical (unpaired) electrons. The monoisotopic (exact) mass is 343 g/mol. The lowest BCUT2D eigenvalue weighted by Gasteiger charge is -2.16. The predicted molar refractivity (Wildman–Crippen MR) is 82.3 cm³/mol. The fourth-order valence-corrected chi connectivity index (χ4v) is 2.48. The Kier molecular flexibility index (Phi) is 5.69. The third kappa shape index (κ3) is 4.65. The Hall–Kier alpha value is -0.780. The molecule has 1 aliphatic carbocycles. The lowest BCUT2D eigenvalue weighted by Crippen LogP contribution is -2.16. The third-order valence-corrected chi connectivity index (χ3v) is 3.60. The van der Waals surface area contributed by atoms with Gasteiger partial charge in [-0.15, -0.1) is 0 Å². The van der Waals surface area contributed by atoms with E-state index < -0.39 is 6.10 Å². The summed E-state index contributed by atoms with van der Waals surface area (Å²) in [6.45, 7) is 5.30. The number of hydrogen-bond acceptors (Lipinski definition) is 4. The van der Waals surface area contributed by atoms with Gasteiger partial charge >= 0.3 is 0 Å². The van der Waals surface area contributed by atoms with E-state index in [4.69, 9.17) is 9.47 Å². The first-order valence-electron chi connectivity index (χ1n) is 7.09. The smallest absolute Gasteiger partial charge is 0.175 e. The van der Waals surface area contributed by atoms with Crippen LogP contribution in [0.5, 0.6) is 11.5 Å². The standard InChI is InChI=1S/C15H22BrNO3/c1-3-19-14-7-11(8-17-12-4-5-12)6-13(16)15(14)20-9-10(2)18/h6-7,10,12,17-18H,3-5,8-9H2,1-2H3. The summed E-state index contributed by atoms with van der Waals surface area (Å²) in [4.78, 5) is 0. The van der Waals surface area contributed by atoms with Gasteiger partial charge in [-0.05, 0) is 60.3 Å². The minimum Gasteiger partial charge on any atom is -0.490 e. The van der Waals surface area contributed by atoms with Crippen molar-refractivity contribution in [2.24, 2.45) is 0 Å². The molecule has 1 aromatic rings. The molecule has 20 heavy (non-hydrogen) atoms. The molecular formula is C15H22BrNO3. The Bertz CT molecular complexity index is 447. The average molecular weight is 344 g/mol. The molecule has 2 rings (SSSR count). The van der Waals surface area contributed by atoms with Gasteiger partial charge in [-0.25, -0.2) is 0 Å². The number of hydrogen-bond donors (Lipinski definition) is 2. The van der Waals surface area contributed by atoms with Crippen LogP contribution < -0.4 is 14.8 Å². The van der Waals surface area contributed by atoms with Gasteiger partial charge in [0, 0.05) is 12.6 Å². The molecule has 0 bridgehead atoms. The second-order valence-electron chi connectivity index (χ2n) is 5.15. The molecule has 4 nitrogen and oxygen atoms in total. The van der Waals surface area contributed by atoms with Crippen molar-refractivity contribution in [2.75, 3.05) is 13.2 Å². The van der Waals surface area contributed by atoms with Crippen molar-refractivity contribution in [3.8, 4) is 11.5 Å². The maximum absolute atomic E-state index is 9.34. The van der Waals surface area contributed by atoms with Crippen LogP contribution in [-0.2, 0) is 6.54 Å². The number of benzene rings is 1.